The van der Waals surface area contributed by atoms with Gasteiger partial charge >= 0.3 is 12.1 Å². The first-order valence-corrected chi connectivity index (χ1v) is 7.85. The van der Waals surface area contributed by atoms with Crippen LogP contribution in [0.2, 0.25) is 0 Å². The van der Waals surface area contributed by atoms with Gasteiger partial charge in [0, 0.05) is 30.8 Å². The predicted molar refractivity (Wildman–Crippen MR) is 87.0 cm³/mol. The number of esters is 1. The van der Waals surface area contributed by atoms with Gasteiger partial charge in [-0.2, -0.15) is 0 Å². The minimum Gasteiger partial charge on any atom is -0.466 e. The largest absolute Gasteiger partial charge is 0.466 e. The van der Waals surface area contributed by atoms with Gasteiger partial charge in [0.05, 0.1) is 6.61 Å². The van der Waals surface area contributed by atoms with E-state index < -0.39 is 11.7 Å². The highest BCUT2D eigenvalue weighted by Crippen LogP contribution is 2.10. The molecule has 1 amide bonds. The molecule has 0 spiro atoms. The van der Waals surface area contributed by atoms with Crippen LogP contribution in [0.5, 0.6) is 0 Å². The number of carbonyl (C=O) groups excluding carboxylic acids is 2. The summed E-state index contributed by atoms with van der Waals surface area (Å²) in [6, 6.07) is 5.36. The molecule has 1 heterocycles. The summed E-state index contributed by atoms with van der Waals surface area (Å²) < 4.78 is 10.2. The van der Waals surface area contributed by atoms with Crippen molar-refractivity contribution < 1.29 is 19.1 Å². The van der Waals surface area contributed by atoms with Gasteiger partial charge in [-0.15, -0.1) is 0 Å². The first kappa shape index (κ1) is 18.9. The van der Waals surface area contributed by atoms with Gasteiger partial charge in [0.1, 0.15) is 5.60 Å². The van der Waals surface area contributed by atoms with Crippen LogP contribution in [-0.4, -0.2) is 35.3 Å². The lowest BCUT2D eigenvalue weighted by Gasteiger charge is -2.23. The Morgan fingerprint density at radius 1 is 1.30 bits per heavy atom. The number of hydrogen-bond acceptors (Lipinski definition) is 5. The van der Waals surface area contributed by atoms with E-state index in [1.165, 1.54) is 0 Å². The van der Waals surface area contributed by atoms with Gasteiger partial charge in [-0.3, -0.25) is 9.78 Å². The third-order valence-corrected chi connectivity index (χ3v) is 2.90. The van der Waals surface area contributed by atoms with E-state index in [0.29, 0.717) is 19.4 Å². The Kier molecular flexibility index (Phi) is 7.51. The minimum absolute atomic E-state index is 0.237. The van der Waals surface area contributed by atoms with Crippen LogP contribution in [-0.2, 0) is 20.7 Å². The van der Waals surface area contributed by atoms with Gasteiger partial charge in [-0.25, -0.2) is 4.79 Å². The van der Waals surface area contributed by atoms with Crippen molar-refractivity contribution in [3.63, 3.8) is 0 Å². The van der Waals surface area contributed by atoms with Crippen molar-refractivity contribution >= 4 is 12.1 Å². The van der Waals surface area contributed by atoms with E-state index in [0.717, 1.165) is 5.69 Å². The Labute approximate surface area is 137 Å². The third kappa shape index (κ3) is 8.80. The summed E-state index contributed by atoms with van der Waals surface area (Å²) in [4.78, 5) is 27.7. The zero-order valence-electron chi connectivity index (χ0n) is 14.3. The maximum absolute atomic E-state index is 12.0. The minimum atomic E-state index is -0.569. The van der Waals surface area contributed by atoms with E-state index in [1.807, 2.05) is 18.2 Å². The molecule has 1 aromatic heterocycles. The lowest BCUT2D eigenvalue weighted by atomic mass is 10.1. The Hall–Kier alpha value is -2.11. The van der Waals surface area contributed by atoms with Gasteiger partial charge in [-0.05, 0) is 46.2 Å². The summed E-state index contributed by atoms with van der Waals surface area (Å²) in [5.41, 5.74) is 0.276. The van der Waals surface area contributed by atoms with Crippen LogP contribution < -0.4 is 5.32 Å². The van der Waals surface area contributed by atoms with Gasteiger partial charge in [0.15, 0.2) is 0 Å². The standard InChI is InChI=1S/C17H26N2O4/c1-5-22-15(20)10-9-14(12-13-8-6-7-11-18-13)19-16(21)23-17(2,3)4/h6-8,11,14H,5,9-10,12H2,1-4H3,(H,19,21)/t14-/m0/s1. The third-order valence-electron chi connectivity index (χ3n) is 2.90. The molecule has 1 N–H and O–H groups in total. The number of ether oxygens (including phenoxy) is 2. The van der Waals surface area contributed by atoms with Crippen molar-refractivity contribution in [3.8, 4) is 0 Å². The maximum atomic E-state index is 12.0. The van der Waals surface area contributed by atoms with Crippen molar-refractivity contribution in [2.45, 2.75) is 58.6 Å². The molecule has 0 saturated heterocycles. The van der Waals surface area contributed by atoms with Crippen molar-refractivity contribution in [2.24, 2.45) is 0 Å². The van der Waals surface area contributed by atoms with E-state index in [9.17, 15) is 9.59 Å². The number of alkyl carbamates (subject to hydrolysis) is 1. The van der Waals surface area contributed by atoms with Crippen molar-refractivity contribution in [1.82, 2.24) is 10.3 Å². The number of nitrogens with zero attached hydrogens (tertiary/aromatic N) is 1. The maximum Gasteiger partial charge on any atom is 0.407 e. The number of amides is 1. The van der Waals surface area contributed by atoms with Crippen LogP contribution in [0.25, 0.3) is 0 Å². The molecule has 6 nitrogen and oxygen atoms in total. The van der Waals surface area contributed by atoms with E-state index in [1.54, 1.807) is 33.9 Å². The second-order valence-corrected chi connectivity index (χ2v) is 6.21. The van der Waals surface area contributed by atoms with Crippen LogP contribution in [0.4, 0.5) is 4.79 Å². The molecule has 128 valence electrons. The topological polar surface area (TPSA) is 77.5 Å². The average Bonchev–Trinajstić information content (AvgIpc) is 2.44. The number of hydrogen-bond donors (Lipinski definition) is 1. The van der Waals surface area contributed by atoms with E-state index in [-0.39, 0.29) is 18.4 Å². The molecule has 6 heteroatoms. The lowest BCUT2D eigenvalue weighted by molar-refractivity contribution is -0.143. The molecule has 0 aliphatic carbocycles. The fraction of sp³-hybridized carbons (Fsp3) is 0.588. The van der Waals surface area contributed by atoms with Crippen LogP contribution in [0.3, 0.4) is 0 Å². The molecule has 0 radical (unpaired) electrons. The highest BCUT2D eigenvalue weighted by Gasteiger charge is 2.21. The molecule has 0 aliphatic heterocycles. The number of pyridine rings is 1. The number of carbonyl (C=O) groups is 2. The molecule has 1 atom stereocenters. The van der Waals surface area contributed by atoms with Gasteiger partial charge in [0.25, 0.3) is 0 Å². The second kappa shape index (κ2) is 9.12. The molecule has 0 aliphatic rings. The first-order chi connectivity index (χ1) is 10.8. The smallest absolute Gasteiger partial charge is 0.407 e. The molecule has 1 aromatic rings. The molecule has 0 fully saturated rings. The molecular weight excluding hydrogens is 296 g/mol. The van der Waals surface area contributed by atoms with Crippen molar-refractivity contribution in [3.05, 3.63) is 30.1 Å². The summed E-state index contributed by atoms with van der Waals surface area (Å²) in [6.07, 6.45) is 2.43. The van der Waals surface area contributed by atoms with Crippen molar-refractivity contribution in [2.75, 3.05) is 6.61 Å². The second-order valence-electron chi connectivity index (χ2n) is 6.21. The summed E-state index contributed by atoms with van der Waals surface area (Å²) in [5.74, 6) is -0.274. The Morgan fingerprint density at radius 3 is 2.61 bits per heavy atom. The van der Waals surface area contributed by atoms with Crippen LogP contribution in [0.15, 0.2) is 24.4 Å². The Bertz CT molecular complexity index is 497. The van der Waals surface area contributed by atoms with Crippen LogP contribution >= 0.6 is 0 Å². The highest BCUT2D eigenvalue weighted by atomic mass is 16.6. The summed E-state index contributed by atoms with van der Waals surface area (Å²) in [5, 5.41) is 2.81. The molecule has 0 saturated carbocycles. The molecule has 23 heavy (non-hydrogen) atoms. The quantitative estimate of drug-likeness (QED) is 0.781. The molecule has 1 rings (SSSR count). The summed E-state index contributed by atoms with van der Waals surface area (Å²) >= 11 is 0. The fourth-order valence-electron chi connectivity index (χ4n) is 2.00. The highest BCUT2D eigenvalue weighted by molar-refractivity contribution is 5.70. The molecular formula is C17H26N2O4. The number of aromatic nitrogens is 1. The van der Waals surface area contributed by atoms with E-state index >= 15 is 0 Å². The zero-order valence-corrected chi connectivity index (χ0v) is 14.3. The summed E-state index contributed by atoms with van der Waals surface area (Å²) in [6.45, 7) is 7.53. The zero-order chi connectivity index (χ0) is 17.3. The first-order valence-electron chi connectivity index (χ1n) is 7.85. The lowest BCUT2D eigenvalue weighted by Crippen LogP contribution is -2.40. The van der Waals surface area contributed by atoms with E-state index in [4.69, 9.17) is 9.47 Å². The normalized spacial score (nSPS) is 12.3. The molecule has 0 aromatic carbocycles. The Balaban J connectivity index is 2.64. The Morgan fingerprint density at radius 2 is 2.04 bits per heavy atom. The van der Waals surface area contributed by atoms with Crippen LogP contribution in [0, 0.1) is 0 Å². The van der Waals surface area contributed by atoms with Gasteiger partial charge in [0.2, 0.25) is 0 Å². The van der Waals surface area contributed by atoms with Crippen LogP contribution in [0.1, 0.15) is 46.2 Å². The predicted octanol–water partition coefficient (Wildman–Crippen LogP) is 2.86. The number of nitrogens with one attached hydrogen (secondary N) is 1. The SMILES string of the molecule is CCOC(=O)CC[C@@H](Cc1ccccn1)NC(=O)OC(C)(C)C. The van der Waals surface area contributed by atoms with E-state index in [2.05, 4.69) is 10.3 Å². The van der Waals surface area contributed by atoms with Gasteiger partial charge in [-0.1, -0.05) is 6.07 Å². The monoisotopic (exact) mass is 322 g/mol. The van der Waals surface area contributed by atoms with Crippen molar-refractivity contribution in [1.29, 1.82) is 0 Å². The molecule has 0 unspecified atom stereocenters. The fourth-order valence-corrected chi connectivity index (χ4v) is 2.00. The summed E-state index contributed by atoms with van der Waals surface area (Å²) in [7, 11) is 0. The average molecular weight is 322 g/mol. The molecule has 0 bridgehead atoms. The van der Waals surface area contributed by atoms with Gasteiger partial charge < -0.3 is 14.8 Å². The number of rotatable bonds is 7.